The first-order valence-corrected chi connectivity index (χ1v) is 7.37. The van der Waals surface area contributed by atoms with Crippen molar-refractivity contribution in [3.8, 4) is 0 Å². The Bertz CT molecular complexity index is 368. The molecule has 3 unspecified atom stereocenters. The smallest absolute Gasteiger partial charge is 0.0674 e. The molecular formula is C16H26N2O. The lowest BCUT2D eigenvalue weighted by atomic mass is 10.1. The maximum Gasteiger partial charge on any atom is 0.0674 e. The molecule has 3 heteroatoms. The largest absolute Gasteiger partial charge is 0.383 e. The number of hydrogen-bond acceptors (Lipinski definition) is 3. The second kappa shape index (κ2) is 6.92. The van der Waals surface area contributed by atoms with E-state index >= 15 is 0 Å². The van der Waals surface area contributed by atoms with Gasteiger partial charge in [-0.25, -0.2) is 0 Å². The van der Waals surface area contributed by atoms with Crippen molar-refractivity contribution in [2.75, 3.05) is 25.0 Å². The van der Waals surface area contributed by atoms with E-state index in [-0.39, 0.29) is 0 Å². The van der Waals surface area contributed by atoms with Crippen LogP contribution in [0, 0.1) is 0 Å². The normalized spacial score (nSPS) is 26.1. The van der Waals surface area contributed by atoms with E-state index in [1.54, 1.807) is 0 Å². The first-order chi connectivity index (χ1) is 9.20. The quantitative estimate of drug-likeness (QED) is 0.883. The van der Waals surface area contributed by atoms with Crippen molar-refractivity contribution >= 4 is 5.69 Å². The molecule has 0 aromatic heterocycles. The second-order valence-electron chi connectivity index (χ2n) is 5.50. The molecule has 106 valence electrons. The molecule has 3 atom stereocenters. The van der Waals surface area contributed by atoms with Crippen LogP contribution >= 0.6 is 0 Å². The van der Waals surface area contributed by atoms with Gasteiger partial charge in [-0.05, 0) is 32.4 Å². The summed E-state index contributed by atoms with van der Waals surface area (Å²) >= 11 is 0. The Hall–Kier alpha value is -1.06. The lowest BCUT2D eigenvalue weighted by Gasteiger charge is -2.42. The predicted molar refractivity (Wildman–Crippen MR) is 80.6 cm³/mol. The number of benzene rings is 1. The zero-order valence-electron chi connectivity index (χ0n) is 12.3. The lowest BCUT2D eigenvalue weighted by Crippen LogP contribution is -2.53. The minimum atomic E-state index is 0.349. The SMILES string of the molecule is CCC1COC(C)CN1C(C)CNc1ccccc1. The molecule has 1 heterocycles. The highest BCUT2D eigenvalue weighted by Crippen LogP contribution is 2.18. The molecule has 0 bridgehead atoms. The predicted octanol–water partition coefficient (Wildman–Crippen LogP) is 2.99. The molecule has 1 fully saturated rings. The van der Waals surface area contributed by atoms with E-state index in [1.165, 1.54) is 5.69 Å². The van der Waals surface area contributed by atoms with Crippen LogP contribution in [0.5, 0.6) is 0 Å². The molecular weight excluding hydrogens is 236 g/mol. The standard InChI is InChI=1S/C16H26N2O/c1-4-16-12-19-14(3)11-18(16)13(2)10-17-15-8-6-5-7-9-15/h5-9,13-14,16-17H,4,10-12H2,1-3H3. The second-order valence-corrected chi connectivity index (χ2v) is 5.50. The first-order valence-electron chi connectivity index (χ1n) is 7.37. The van der Waals surface area contributed by atoms with Crippen LogP contribution in [0.1, 0.15) is 27.2 Å². The van der Waals surface area contributed by atoms with Crippen molar-refractivity contribution < 1.29 is 4.74 Å². The lowest BCUT2D eigenvalue weighted by molar-refractivity contribution is -0.0679. The molecule has 0 amide bonds. The zero-order valence-corrected chi connectivity index (χ0v) is 12.3. The number of anilines is 1. The van der Waals surface area contributed by atoms with Crippen molar-refractivity contribution in [1.82, 2.24) is 4.90 Å². The number of para-hydroxylation sites is 1. The Morgan fingerprint density at radius 3 is 2.79 bits per heavy atom. The number of hydrogen-bond donors (Lipinski definition) is 1. The van der Waals surface area contributed by atoms with Gasteiger partial charge < -0.3 is 10.1 Å². The monoisotopic (exact) mass is 262 g/mol. The average Bonchev–Trinajstić information content (AvgIpc) is 2.46. The van der Waals surface area contributed by atoms with Gasteiger partial charge in [0.05, 0.1) is 12.7 Å². The summed E-state index contributed by atoms with van der Waals surface area (Å²) in [5.74, 6) is 0. The average molecular weight is 262 g/mol. The molecule has 0 saturated carbocycles. The van der Waals surface area contributed by atoms with Crippen molar-refractivity contribution in [3.63, 3.8) is 0 Å². The number of morpholine rings is 1. The minimum Gasteiger partial charge on any atom is -0.383 e. The van der Waals surface area contributed by atoms with Crippen LogP contribution in [0.3, 0.4) is 0 Å². The van der Waals surface area contributed by atoms with Crippen molar-refractivity contribution in [2.45, 2.75) is 45.4 Å². The van der Waals surface area contributed by atoms with Crippen LogP contribution in [0.25, 0.3) is 0 Å². The molecule has 0 aliphatic carbocycles. The summed E-state index contributed by atoms with van der Waals surface area (Å²) in [4.78, 5) is 2.59. The Kier molecular flexibility index (Phi) is 5.23. The van der Waals surface area contributed by atoms with Gasteiger partial charge in [-0.3, -0.25) is 4.90 Å². The molecule has 1 saturated heterocycles. The highest BCUT2D eigenvalue weighted by atomic mass is 16.5. The summed E-state index contributed by atoms with van der Waals surface area (Å²) < 4.78 is 5.76. The maximum absolute atomic E-state index is 5.76. The fraction of sp³-hybridized carbons (Fsp3) is 0.625. The summed E-state index contributed by atoms with van der Waals surface area (Å²) in [7, 11) is 0. The van der Waals surface area contributed by atoms with Crippen LogP contribution < -0.4 is 5.32 Å². The summed E-state index contributed by atoms with van der Waals surface area (Å²) in [6.45, 7) is 9.60. The number of nitrogens with one attached hydrogen (secondary N) is 1. The van der Waals surface area contributed by atoms with Crippen molar-refractivity contribution in [2.24, 2.45) is 0 Å². The fourth-order valence-electron chi connectivity index (χ4n) is 2.70. The van der Waals surface area contributed by atoms with Gasteiger partial charge in [-0.15, -0.1) is 0 Å². The van der Waals surface area contributed by atoms with Crippen LogP contribution in [-0.2, 0) is 4.74 Å². The molecule has 3 nitrogen and oxygen atoms in total. The fourth-order valence-corrected chi connectivity index (χ4v) is 2.70. The third kappa shape index (κ3) is 3.95. The summed E-state index contributed by atoms with van der Waals surface area (Å²) in [6, 6.07) is 11.5. The Morgan fingerprint density at radius 1 is 1.37 bits per heavy atom. The van der Waals surface area contributed by atoms with Crippen LogP contribution in [0.4, 0.5) is 5.69 Å². The van der Waals surface area contributed by atoms with E-state index in [2.05, 4.69) is 55.3 Å². The van der Waals surface area contributed by atoms with Gasteiger partial charge in [0.25, 0.3) is 0 Å². The Labute approximate surface area is 116 Å². The first kappa shape index (κ1) is 14.4. The van der Waals surface area contributed by atoms with E-state index in [9.17, 15) is 0 Å². The molecule has 1 aromatic carbocycles. The molecule has 1 aliphatic heterocycles. The summed E-state index contributed by atoms with van der Waals surface area (Å²) in [6.07, 6.45) is 1.50. The van der Waals surface area contributed by atoms with E-state index in [0.717, 1.165) is 26.1 Å². The molecule has 0 spiro atoms. The van der Waals surface area contributed by atoms with Gasteiger partial charge in [0.2, 0.25) is 0 Å². The van der Waals surface area contributed by atoms with Crippen molar-refractivity contribution in [3.05, 3.63) is 30.3 Å². The van der Waals surface area contributed by atoms with E-state index < -0.39 is 0 Å². The van der Waals surface area contributed by atoms with Gasteiger partial charge in [-0.1, -0.05) is 25.1 Å². The highest BCUT2D eigenvalue weighted by Gasteiger charge is 2.28. The van der Waals surface area contributed by atoms with E-state index in [4.69, 9.17) is 4.74 Å². The number of rotatable bonds is 5. The van der Waals surface area contributed by atoms with Crippen LogP contribution in [0.15, 0.2) is 30.3 Å². The summed E-state index contributed by atoms with van der Waals surface area (Å²) in [5.41, 5.74) is 1.20. The van der Waals surface area contributed by atoms with E-state index in [0.29, 0.717) is 18.2 Å². The third-order valence-corrected chi connectivity index (χ3v) is 3.92. The van der Waals surface area contributed by atoms with Gasteiger partial charge in [0.1, 0.15) is 0 Å². The van der Waals surface area contributed by atoms with Crippen LogP contribution in [-0.4, -0.2) is 42.8 Å². The van der Waals surface area contributed by atoms with Gasteiger partial charge in [-0.2, -0.15) is 0 Å². The van der Waals surface area contributed by atoms with Crippen molar-refractivity contribution in [1.29, 1.82) is 0 Å². The Morgan fingerprint density at radius 2 is 2.11 bits per heavy atom. The van der Waals surface area contributed by atoms with Gasteiger partial charge >= 0.3 is 0 Å². The molecule has 0 radical (unpaired) electrons. The molecule has 1 aliphatic rings. The highest BCUT2D eigenvalue weighted by molar-refractivity contribution is 5.42. The zero-order chi connectivity index (χ0) is 13.7. The molecule has 2 rings (SSSR count). The minimum absolute atomic E-state index is 0.349. The topological polar surface area (TPSA) is 24.5 Å². The third-order valence-electron chi connectivity index (χ3n) is 3.92. The molecule has 1 N–H and O–H groups in total. The summed E-state index contributed by atoms with van der Waals surface area (Å²) in [5, 5.41) is 3.52. The molecule has 19 heavy (non-hydrogen) atoms. The maximum atomic E-state index is 5.76. The number of nitrogens with zero attached hydrogens (tertiary/aromatic N) is 1. The molecule has 1 aromatic rings. The number of ether oxygens (including phenoxy) is 1. The van der Waals surface area contributed by atoms with Gasteiger partial charge in [0, 0.05) is 30.9 Å². The Balaban J connectivity index is 1.88. The van der Waals surface area contributed by atoms with Crippen LogP contribution in [0.2, 0.25) is 0 Å². The van der Waals surface area contributed by atoms with E-state index in [1.807, 2.05) is 6.07 Å². The van der Waals surface area contributed by atoms with Gasteiger partial charge in [0.15, 0.2) is 0 Å².